The van der Waals surface area contributed by atoms with Gasteiger partial charge >= 0.3 is 7.12 Å². The van der Waals surface area contributed by atoms with E-state index in [9.17, 15) is 14.9 Å². The van der Waals surface area contributed by atoms with E-state index in [2.05, 4.69) is 4.98 Å². The van der Waals surface area contributed by atoms with Crippen LogP contribution in [0.3, 0.4) is 0 Å². The number of ketones is 1. The zero-order chi connectivity index (χ0) is 19.3. The lowest BCUT2D eigenvalue weighted by Crippen LogP contribution is -2.41. The summed E-state index contributed by atoms with van der Waals surface area (Å²) in [6.07, 6.45) is 0. The Balaban J connectivity index is 1.86. The molecule has 2 aromatic rings. The van der Waals surface area contributed by atoms with Crippen LogP contribution >= 0.6 is 11.3 Å². The average Bonchev–Trinajstić information content (AvgIpc) is 3.04. The fraction of sp³-hybridized carbons (Fsp3) is 0.412. The van der Waals surface area contributed by atoms with E-state index in [0.717, 1.165) is 4.78 Å². The van der Waals surface area contributed by atoms with Gasteiger partial charge in [0.15, 0.2) is 5.01 Å². The number of hydrogen-bond donors (Lipinski definition) is 0. The van der Waals surface area contributed by atoms with Crippen LogP contribution < -0.4 is 4.78 Å². The quantitative estimate of drug-likeness (QED) is 0.354. The number of non-ortho nitro benzene ring substituents is 1. The number of thiazole rings is 1. The summed E-state index contributed by atoms with van der Waals surface area (Å²) in [6, 6.07) is 5.49. The third kappa shape index (κ3) is 3.18. The molecule has 0 N–H and O–H groups in total. The van der Waals surface area contributed by atoms with Crippen LogP contribution in [0.1, 0.15) is 48.8 Å². The molecule has 0 unspecified atom stereocenters. The van der Waals surface area contributed by atoms with Gasteiger partial charge in [-0.1, -0.05) is 0 Å². The number of carbonyl (C=O) groups is 1. The molecule has 26 heavy (non-hydrogen) atoms. The third-order valence-corrected chi connectivity index (χ3v) is 6.01. The lowest BCUT2D eigenvalue weighted by Gasteiger charge is -2.32. The maximum Gasteiger partial charge on any atom is 0.507 e. The highest BCUT2D eigenvalue weighted by Gasteiger charge is 2.53. The van der Waals surface area contributed by atoms with Crippen molar-refractivity contribution >= 4 is 34.7 Å². The van der Waals surface area contributed by atoms with Gasteiger partial charge in [0.1, 0.15) is 0 Å². The van der Waals surface area contributed by atoms with Crippen molar-refractivity contribution in [2.45, 2.75) is 45.8 Å². The first-order chi connectivity index (χ1) is 12.0. The van der Waals surface area contributed by atoms with Crippen LogP contribution in [0.25, 0.3) is 0 Å². The molecule has 1 aliphatic rings. The van der Waals surface area contributed by atoms with Crippen molar-refractivity contribution in [1.82, 2.24) is 4.98 Å². The number of aryl methyl sites for hydroxylation is 1. The average molecular weight is 374 g/mol. The first-order valence-electron chi connectivity index (χ1n) is 8.14. The van der Waals surface area contributed by atoms with E-state index in [0.29, 0.717) is 16.3 Å². The van der Waals surface area contributed by atoms with Crippen LogP contribution in [0.4, 0.5) is 5.69 Å². The van der Waals surface area contributed by atoms with Crippen molar-refractivity contribution in [3.63, 3.8) is 0 Å². The smallest absolute Gasteiger partial charge is 0.399 e. The lowest BCUT2D eigenvalue weighted by molar-refractivity contribution is -0.384. The summed E-state index contributed by atoms with van der Waals surface area (Å²) in [5, 5.41) is 11.0. The van der Waals surface area contributed by atoms with Crippen molar-refractivity contribution in [3.05, 3.63) is 50.6 Å². The molecule has 1 aliphatic heterocycles. The maximum absolute atomic E-state index is 12.7. The fourth-order valence-corrected chi connectivity index (χ4v) is 3.52. The molecule has 0 spiro atoms. The minimum absolute atomic E-state index is 0.0604. The van der Waals surface area contributed by atoms with Crippen molar-refractivity contribution in [2.75, 3.05) is 0 Å². The number of carbonyl (C=O) groups excluding carboxylic acids is 1. The summed E-state index contributed by atoms with van der Waals surface area (Å²) in [6.45, 7) is 9.67. The Hall–Kier alpha value is -2.10. The second-order valence-electron chi connectivity index (χ2n) is 7.19. The highest BCUT2D eigenvalue weighted by molar-refractivity contribution is 7.23. The summed E-state index contributed by atoms with van der Waals surface area (Å²) in [7, 11) is -0.573. The predicted octanol–water partition coefficient (Wildman–Crippen LogP) is 2.89. The van der Waals surface area contributed by atoms with Gasteiger partial charge in [0.05, 0.1) is 20.9 Å². The van der Waals surface area contributed by atoms with Crippen LogP contribution in [0, 0.1) is 17.0 Å². The number of rotatable bonds is 4. The van der Waals surface area contributed by atoms with Gasteiger partial charge in [-0.2, -0.15) is 0 Å². The Morgan fingerprint density at radius 1 is 1.15 bits per heavy atom. The van der Waals surface area contributed by atoms with Crippen molar-refractivity contribution in [1.29, 1.82) is 0 Å². The van der Waals surface area contributed by atoms with Gasteiger partial charge in [-0.15, -0.1) is 11.3 Å². The molecule has 7 nitrogen and oxygen atoms in total. The molecular formula is C17H19BN2O5S. The summed E-state index contributed by atoms with van der Waals surface area (Å²) in [5.74, 6) is -0.282. The Labute approximate surface area is 155 Å². The number of nitrogens with zero attached hydrogens (tertiary/aromatic N) is 2. The minimum Gasteiger partial charge on any atom is -0.399 e. The van der Waals surface area contributed by atoms with Crippen LogP contribution in [0.5, 0.6) is 0 Å². The maximum atomic E-state index is 12.7. The van der Waals surface area contributed by atoms with Crippen LogP contribution in [0.15, 0.2) is 24.3 Å². The van der Waals surface area contributed by atoms with Gasteiger partial charge < -0.3 is 9.31 Å². The van der Waals surface area contributed by atoms with Crippen molar-refractivity contribution < 1.29 is 19.0 Å². The Morgan fingerprint density at radius 2 is 1.69 bits per heavy atom. The molecule has 136 valence electrons. The molecule has 1 saturated heterocycles. The third-order valence-electron chi connectivity index (χ3n) is 4.83. The SMILES string of the molecule is Cc1nc(C(=O)c2ccc([N+](=O)[O-])cc2)sc1B1OC(C)(C)C(C)(C)O1. The Kier molecular flexibility index (Phi) is 4.50. The van der Waals surface area contributed by atoms with Gasteiger partial charge in [0.25, 0.3) is 5.69 Å². The molecule has 2 heterocycles. The number of aromatic nitrogens is 1. The molecule has 0 bridgehead atoms. The standard InChI is InChI=1S/C17H19BN2O5S/c1-10-14(18-24-16(2,3)17(4,5)25-18)26-15(19-10)13(21)11-6-8-12(9-7-11)20(22)23/h6-9H,1-5H3. The molecule has 3 rings (SSSR count). The molecule has 0 saturated carbocycles. The van der Waals surface area contributed by atoms with Crippen LogP contribution in [-0.2, 0) is 9.31 Å². The zero-order valence-electron chi connectivity index (χ0n) is 15.2. The van der Waals surface area contributed by atoms with Crippen molar-refractivity contribution in [3.8, 4) is 0 Å². The zero-order valence-corrected chi connectivity index (χ0v) is 16.0. The van der Waals surface area contributed by atoms with Crippen molar-refractivity contribution in [2.24, 2.45) is 0 Å². The van der Waals surface area contributed by atoms with Crippen LogP contribution in [-0.4, -0.2) is 34.0 Å². The number of benzene rings is 1. The van der Waals surface area contributed by atoms with Gasteiger partial charge in [-0.25, -0.2) is 4.98 Å². The van der Waals surface area contributed by atoms with E-state index in [1.54, 1.807) is 0 Å². The second kappa shape index (κ2) is 6.26. The largest absolute Gasteiger partial charge is 0.507 e. The molecule has 1 aromatic carbocycles. The van der Waals surface area contributed by atoms with E-state index < -0.39 is 23.2 Å². The topological polar surface area (TPSA) is 91.6 Å². The summed E-state index contributed by atoms with van der Waals surface area (Å²) >= 11 is 1.23. The van der Waals surface area contributed by atoms with E-state index in [4.69, 9.17) is 9.31 Å². The molecule has 9 heteroatoms. The number of nitro groups is 1. The normalized spacial score (nSPS) is 18.1. The number of nitro benzene ring substituents is 1. The Bertz CT molecular complexity index is 860. The van der Waals surface area contributed by atoms with Gasteiger partial charge in [0.2, 0.25) is 5.78 Å². The van der Waals surface area contributed by atoms with Gasteiger partial charge in [-0.05, 0) is 46.8 Å². The van der Waals surface area contributed by atoms with E-state index in [1.807, 2.05) is 34.6 Å². The second-order valence-corrected chi connectivity index (χ2v) is 8.22. The van der Waals surface area contributed by atoms with E-state index >= 15 is 0 Å². The van der Waals surface area contributed by atoms with Crippen LogP contribution in [0.2, 0.25) is 0 Å². The highest BCUT2D eigenvalue weighted by atomic mass is 32.1. The summed E-state index contributed by atoms with van der Waals surface area (Å²) in [5.41, 5.74) is 0.0196. The van der Waals surface area contributed by atoms with E-state index in [1.165, 1.54) is 35.6 Å². The lowest BCUT2D eigenvalue weighted by atomic mass is 9.86. The summed E-state index contributed by atoms with van der Waals surface area (Å²) in [4.78, 5) is 27.3. The molecule has 0 amide bonds. The highest BCUT2D eigenvalue weighted by Crippen LogP contribution is 2.37. The monoisotopic (exact) mass is 374 g/mol. The minimum atomic E-state index is -0.573. The predicted molar refractivity (Wildman–Crippen MR) is 99.1 cm³/mol. The molecule has 1 fully saturated rings. The van der Waals surface area contributed by atoms with Gasteiger partial charge in [0, 0.05) is 23.4 Å². The van der Waals surface area contributed by atoms with Gasteiger partial charge in [-0.3, -0.25) is 14.9 Å². The molecule has 0 atom stereocenters. The molecular weight excluding hydrogens is 355 g/mol. The first-order valence-corrected chi connectivity index (χ1v) is 8.95. The fourth-order valence-electron chi connectivity index (χ4n) is 2.53. The molecule has 1 aromatic heterocycles. The first kappa shape index (κ1) is 18.7. The van der Waals surface area contributed by atoms with E-state index in [-0.39, 0.29) is 11.5 Å². The Morgan fingerprint density at radius 3 is 2.19 bits per heavy atom. The molecule has 0 radical (unpaired) electrons. The number of hydrogen-bond acceptors (Lipinski definition) is 7. The summed E-state index contributed by atoms with van der Waals surface area (Å²) < 4.78 is 12.8. The molecule has 0 aliphatic carbocycles.